The van der Waals surface area contributed by atoms with Gasteiger partial charge in [0, 0.05) is 16.6 Å². The number of para-hydroxylation sites is 1. The summed E-state index contributed by atoms with van der Waals surface area (Å²) < 4.78 is 46.8. The number of benzene rings is 3. The van der Waals surface area contributed by atoms with Crippen molar-refractivity contribution < 1.29 is 27.1 Å². The lowest BCUT2D eigenvalue weighted by Gasteiger charge is -2.11. The van der Waals surface area contributed by atoms with E-state index in [2.05, 4.69) is 35.3 Å². The van der Waals surface area contributed by atoms with E-state index in [1.54, 1.807) is 12.1 Å². The number of alkyl halides is 3. The first-order valence-corrected chi connectivity index (χ1v) is 10.3. The van der Waals surface area contributed by atoms with Gasteiger partial charge in [0.1, 0.15) is 11.5 Å². The number of anilines is 2. The van der Waals surface area contributed by atoms with E-state index in [1.165, 1.54) is 12.1 Å². The predicted molar refractivity (Wildman–Crippen MR) is 122 cm³/mol. The predicted octanol–water partition coefficient (Wildman–Crippen LogP) is 7.77. The summed E-state index contributed by atoms with van der Waals surface area (Å²) in [6.45, 7) is 4.22. The standard InChI is InChI=1S/C25H21F3N2O3/c1-15(2)19-7-3-4-8-20(19)22-14-16-6-5-9-21(23(16)32-22)30-24(31)29-17-10-12-18(13-11-17)33-25(26,27)28/h3-15H,1-2H3,(H2,29,30,31). The van der Waals surface area contributed by atoms with Gasteiger partial charge in [-0.15, -0.1) is 13.2 Å². The minimum Gasteiger partial charge on any atom is -0.454 e. The molecule has 0 aliphatic carbocycles. The maximum Gasteiger partial charge on any atom is 0.573 e. The van der Waals surface area contributed by atoms with E-state index >= 15 is 0 Å². The Kier molecular flexibility index (Phi) is 6.00. The maximum atomic E-state index is 12.5. The van der Waals surface area contributed by atoms with Gasteiger partial charge in [-0.2, -0.15) is 0 Å². The van der Waals surface area contributed by atoms with Gasteiger partial charge in [0.25, 0.3) is 0 Å². The normalized spacial score (nSPS) is 11.6. The van der Waals surface area contributed by atoms with Crippen LogP contribution < -0.4 is 15.4 Å². The molecule has 1 aromatic heterocycles. The molecule has 0 bridgehead atoms. The molecular formula is C25H21F3N2O3. The Hall–Kier alpha value is -3.94. The van der Waals surface area contributed by atoms with Crippen molar-refractivity contribution in [3.8, 4) is 17.1 Å². The molecule has 4 rings (SSSR count). The number of carbonyl (C=O) groups excluding carboxylic acids is 1. The second-order valence-corrected chi connectivity index (χ2v) is 7.73. The highest BCUT2D eigenvalue weighted by Gasteiger charge is 2.31. The lowest BCUT2D eigenvalue weighted by molar-refractivity contribution is -0.274. The van der Waals surface area contributed by atoms with E-state index in [9.17, 15) is 18.0 Å². The number of halogens is 3. The first-order valence-electron chi connectivity index (χ1n) is 10.3. The molecule has 2 N–H and O–H groups in total. The molecule has 8 heteroatoms. The summed E-state index contributed by atoms with van der Waals surface area (Å²) in [5, 5.41) is 6.14. The fraction of sp³-hybridized carbons (Fsp3) is 0.160. The highest BCUT2D eigenvalue weighted by atomic mass is 19.4. The largest absolute Gasteiger partial charge is 0.573 e. The van der Waals surface area contributed by atoms with Crippen molar-refractivity contribution in [2.24, 2.45) is 0 Å². The van der Waals surface area contributed by atoms with Gasteiger partial charge in [-0.1, -0.05) is 50.2 Å². The van der Waals surface area contributed by atoms with E-state index < -0.39 is 12.4 Å². The lowest BCUT2D eigenvalue weighted by atomic mass is 9.96. The molecule has 0 spiro atoms. The molecule has 33 heavy (non-hydrogen) atoms. The number of nitrogens with one attached hydrogen (secondary N) is 2. The molecule has 0 atom stereocenters. The third-order valence-corrected chi connectivity index (χ3v) is 4.99. The molecule has 0 saturated heterocycles. The third-order valence-electron chi connectivity index (χ3n) is 4.99. The van der Waals surface area contributed by atoms with Crippen LogP contribution in [0.25, 0.3) is 22.3 Å². The van der Waals surface area contributed by atoms with Crippen molar-refractivity contribution in [3.63, 3.8) is 0 Å². The first kappa shape index (κ1) is 22.3. The Labute approximate surface area is 188 Å². The molecule has 0 unspecified atom stereocenters. The number of rotatable bonds is 5. The van der Waals surface area contributed by atoms with Crippen LogP contribution in [0.2, 0.25) is 0 Å². The zero-order valence-electron chi connectivity index (χ0n) is 17.9. The summed E-state index contributed by atoms with van der Waals surface area (Å²) in [5.41, 5.74) is 3.44. The molecule has 0 radical (unpaired) electrons. The Morgan fingerprint density at radius 2 is 1.67 bits per heavy atom. The molecule has 3 aromatic carbocycles. The molecule has 0 aliphatic rings. The van der Waals surface area contributed by atoms with Gasteiger partial charge < -0.3 is 19.8 Å². The summed E-state index contributed by atoms with van der Waals surface area (Å²) in [6.07, 6.45) is -4.78. The van der Waals surface area contributed by atoms with Crippen molar-refractivity contribution in [1.82, 2.24) is 0 Å². The van der Waals surface area contributed by atoms with Gasteiger partial charge in [-0.25, -0.2) is 4.79 Å². The van der Waals surface area contributed by atoms with Crippen LogP contribution in [0.1, 0.15) is 25.3 Å². The average Bonchev–Trinajstić information content (AvgIpc) is 3.19. The minimum atomic E-state index is -4.78. The molecule has 1 heterocycles. The molecule has 4 aromatic rings. The number of furan rings is 1. The molecule has 170 valence electrons. The fourth-order valence-electron chi connectivity index (χ4n) is 3.54. The zero-order valence-corrected chi connectivity index (χ0v) is 17.9. The van der Waals surface area contributed by atoms with Gasteiger partial charge in [0.2, 0.25) is 0 Å². The second-order valence-electron chi connectivity index (χ2n) is 7.73. The molecular weight excluding hydrogens is 433 g/mol. The van der Waals surface area contributed by atoms with Gasteiger partial charge in [0.15, 0.2) is 5.58 Å². The van der Waals surface area contributed by atoms with Crippen LogP contribution in [-0.2, 0) is 0 Å². The molecule has 2 amide bonds. The number of fused-ring (bicyclic) bond motifs is 1. The smallest absolute Gasteiger partial charge is 0.454 e. The maximum absolute atomic E-state index is 12.5. The fourth-order valence-corrected chi connectivity index (χ4v) is 3.54. The van der Waals surface area contributed by atoms with Crippen molar-refractivity contribution in [2.75, 3.05) is 10.6 Å². The average molecular weight is 454 g/mol. The van der Waals surface area contributed by atoms with Gasteiger partial charge in [-0.3, -0.25) is 0 Å². The Morgan fingerprint density at radius 1 is 0.939 bits per heavy atom. The van der Waals surface area contributed by atoms with E-state index in [0.717, 1.165) is 28.6 Å². The lowest BCUT2D eigenvalue weighted by Crippen LogP contribution is -2.19. The molecule has 0 saturated carbocycles. The van der Waals surface area contributed by atoms with Crippen LogP contribution in [0.3, 0.4) is 0 Å². The van der Waals surface area contributed by atoms with Gasteiger partial charge in [-0.05, 0) is 47.9 Å². The van der Waals surface area contributed by atoms with Crippen LogP contribution in [0.15, 0.2) is 77.2 Å². The minimum absolute atomic E-state index is 0.306. The van der Waals surface area contributed by atoms with Crippen LogP contribution in [0.5, 0.6) is 5.75 Å². The van der Waals surface area contributed by atoms with Crippen molar-refractivity contribution in [1.29, 1.82) is 0 Å². The number of urea groups is 1. The second kappa shape index (κ2) is 8.90. The number of carbonyl (C=O) groups is 1. The number of hydrogen-bond acceptors (Lipinski definition) is 3. The summed E-state index contributed by atoms with van der Waals surface area (Å²) >= 11 is 0. The molecule has 0 fully saturated rings. The van der Waals surface area contributed by atoms with Crippen LogP contribution >= 0.6 is 0 Å². The summed E-state index contributed by atoms with van der Waals surface area (Å²) in [5.74, 6) is 0.637. The molecule has 0 aliphatic heterocycles. The van der Waals surface area contributed by atoms with Crippen molar-refractivity contribution >= 4 is 28.4 Å². The SMILES string of the molecule is CC(C)c1ccccc1-c1cc2cccc(NC(=O)Nc3ccc(OC(F)(F)F)cc3)c2o1. The highest BCUT2D eigenvalue weighted by Crippen LogP contribution is 2.36. The van der Waals surface area contributed by atoms with Crippen LogP contribution in [0, 0.1) is 0 Å². The van der Waals surface area contributed by atoms with E-state index in [1.807, 2.05) is 30.3 Å². The van der Waals surface area contributed by atoms with E-state index in [-0.39, 0.29) is 5.75 Å². The van der Waals surface area contributed by atoms with Crippen LogP contribution in [-0.4, -0.2) is 12.4 Å². The summed E-state index contributed by atoms with van der Waals surface area (Å²) in [7, 11) is 0. The first-order chi connectivity index (χ1) is 15.7. The Morgan fingerprint density at radius 3 is 2.36 bits per heavy atom. The van der Waals surface area contributed by atoms with E-state index in [4.69, 9.17) is 4.42 Å². The van der Waals surface area contributed by atoms with Crippen molar-refractivity contribution in [2.45, 2.75) is 26.1 Å². The Balaban J connectivity index is 1.53. The van der Waals surface area contributed by atoms with E-state index in [0.29, 0.717) is 28.6 Å². The number of amides is 2. The number of hydrogen-bond donors (Lipinski definition) is 2. The number of ether oxygens (including phenoxy) is 1. The van der Waals surface area contributed by atoms with Crippen LogP contribution in [0.4, 0.5) is 29.3 Å². The van der Waals surface area contributed by atoms with Gasteiger partial charge >= 0.3 is 12.4 Å². The summed E-state index contributed by atoms with van der Waals surface area (Å²) in [4.78, 5) is 12.5. The quantitative estimate of drug-likeness (QED) is 0.324. The molecule has 5 nitrogen and oxygen atoms in total. The topological polar surface area (TPSA) is 63.5 Å². The van der Waals surface area contributed by atoms with Crippen molar-refractivity contribution in [3.05, 3.63) is 78.4 Å². The highest BCUT2D eigenvalue weighted by molar-refractivity contribution is 6.05. The summed E-state index contributed by atoms with van der Waals surface area (Å²) in [6, 6.07) is 19.6. The zero-order chi connectivity index (χ0) is 23.6. The Bertz CT molecular complexity index is 1280. The van der Waals surface area contributed by atoms with Gasteiger partial charge in [0.05, 0.1) is 5.69 Å². The third kappa shape index (κ3) is 5.28. The monoisotopic (exact) mass is 454 g/mol.